The highest BCUT2D eigenvalue weighted by molar-refractivity contribution is 7.99. The Labute approximate surface area is 106 Å². The van der Waals surface area contributed by atoms with Crippen molar-refractivity contribution in [2.45, 2.75) is 5.25 Å². The lowest BCUT2D eigenvalue weighted by Crippen LogP contribution is -2.06. The van der Waals surface area contributed by atoms with Gasteiger partial charge in [0.05, 0.1) is 10.9 Å². The summed E-state index contributed by atoms with van der Waals surface area (Å²) in [7, 11) is 0. The summed E-state index contributed by atoms with van der Waals surface area (Å²) in [5, 5.41) is 0.279. The van der Waals surface area contributed by atoms with Crippen LogP contribution >= 0.6 is 11.8 Å². The van der Waals surface area contributed by atoms with Crippen molar-refractivity contribution in [3.05, 3.63) is 66.0 Å². The van der Waals surface area contributed by atoms with Gasteiger partial charge in [-0.15, -0.1) is 11.8 Å². The summed E-state index contributed by atoms with van der Waals surface area (Å²) in [6.45, 7) is 0.695. The summed E-state index contributed by atoms with van der Waals surface area (Å²) < 4.78 is 0. The maximum atomic E-state index is 5.59. The Kier molecular flexibility index (Phi) is 4.59. The normalized spacial score (nSPS) is 12.3. The molecule has 1 aromatic heterocycles. The van der Waals surface area contributed by atoms with Gasteiger partial charge in [-0.05, 0) is 17.7 Å². The van der Waals surface area contributed by atoms with Crippen LogP contribution in [0.3, 0.4) is 0 Å². The van der Waals surface area contributed by atoms with Crippen LogP contribution in [0.2, 0.25) is 0 Å². The molecule has 0 aliphatic heterocycles. The van der Waals surface area contributed by atoms with E-state index in [2.05, 4.69) is 35.3 Å². The molecule has 1 heterocycles. The van der Waals surface area contributed by atoms with Gasteiger partial charge in [-0.25, -0.2) is 0 Å². The SMILES string of the molecule is NCCSC(c1ccccc1)c1ccccn1. The Bertz CT molecular complexity index is 391. The molecule has 2 rings (SSSR count). The molecule has 2 nitrogen and oxygen atoms in total. The first kappa shape index (κ1) is 12.1. The number of rotatable bonds is 5. The molecule has 0 bridgehead atoms. The molecule has 0 saturated carbocycles. The summed E-state index contributed by atoms with van der Waals surface area (Å²) in [6.07, 6.45) is 1.84. The molecule has 3 heteroatoms. The van der Waals surface area contributed by atoms with Gasteiger partial charge in [-0.3, -0.25) is 4.98 Å². The molecule has 1 atom stereocenters. The van der Waals surface area contributed by atoms with Gasteiger partial charge in [0.15, 0.2) is 0 Å². The highest BCUT2D eigenvalue weighted by atomic mass is 32.2. The molecule has 0 fully saturated rings. The number of nitrogens with two attached hydrogens (primary N) is 1. The van der Waals surface area contributed by atoms with Gasteiger partial charge in [0.25, 0.3) is 0 Å². The molecule has 0 aliphatic rings. The third-order valence-electron chi connectivity index (χ3n) is 2.46. The van der Waals surface area contributed by atoms with Gasteiger partial charge in [-0.1, -0.05) is 36.4 Å². The van der Waals surface area contributed by atoms with Gasteiger partial charge in [0, 0.05) is 18.5 Å². The number of pyridine rings is 1. The second-order valence-electron chi connectivity index (χ2n) is 3.70. The zero-order chi connectivity index (χ0) is 11.9. The molecule has 0 amide bonds. The van der Waals surface area contributed by atoms with E-state index in [4.69, 9.17) is 5.73 Å². The highest BCUT2D eigenvalue weighted by Crippen LogP contribution is 2.33. The van der Waals surface area contributed by atoms with Crippen LogP contribution < -0.4 is 5.73 Å². The first-order valence-electron chi connectivity index (χ1n) is 5.69. The lowest BCUT2D eigenvalue weighted by Gasteiger charge is -2.16. The minimum absolute atomic E-state index is 0.279. The van der Waals surface area contributed by atoms with Gasteiger partial charge >= 0.3 is 0 Å². The lowest BCUT2D eigenvalue weighted by molar-refractivity contribution is 1.04. The van der Waals surface area contributed by atoms with Crippen LogP contribution in [0, 0.1) is 0 Å². The Balaban J connectivity index is 2.26. The van der Waals surface area contributed by atoms with Crippen LogP contribution in [0.25, 0.3) is 0 Å². The van der Waals surface area contributed by atoms with Crippen molar-refractivity contribution in [2.24, 2.45) is 5.73 Å². The second kappa shape index (κ2) is 6.42. The molecule has 0 aliphatic carbocycles. The van der Waals surface area contributed by atoms with E-state index in [1.54, 1.807) is 0 Å². The van der Waals surface area contributed by atoms with Crippen molar-refractivity contribution in [1.82, 2.24) is 4.98 Å². The van der Waals surface area contributed by atoms with Crippen LogP contribution in [-0.4, -0.2) is 17.3 Å². The number of hydrogen-bond acceptors (Lipinski definition) is 3. The topological polar surface area (TPSA) is 38.9 Å². The van der Waals surface area contributed by atoms with Crippen LogP contribution in [0.15, 0.2) is 54.7 Å². The van der Waals surface area contributed by atoms with E-state index < -0.39 is 0 Å². The zero-order valence-corrected chi connectivity index (χ0v) is 10.4. The lowest BCUT2D eigenvalue weighted by atomic mass is 10.1. The van der Waals surface area contributed by atoms with Crippen molar-refractivity contribution in [2.75, 3.05) is 12.3 Å². The van der Waals surface area contributed by atoms with Gasteiger partial charge < -0.3 is 5.73 Å². The standard InChI is InChI=1S/C14H16N2S/c15-9-11-17-14(12-6-2-1-3-7-12)13-8-4-5-10-16-13/h1-8,10,14H,9,11,15H2. The second-order valence-corrected chi connectivity index (χ2v) is 4.92. The van der Waals surface area contributed by atoms with E-state index >= 15 is 0 Å². The predicted octanol–water partition coefficient (Wildman–Crippen LogP) is 2.86. The predicted molar refractivity (Wildman–Crippen MR) is 74.0 cm³/mol. The number of hydrogen-bond donors (Lipinski definition) is 1. The Morgan fingerprint density at radius 3 is 2.47 bits per heavy atom. The maximum absolute atomic E-state index is 5.59. The summed E-state index contributed by atoms with van der Waals surface area (Å²) in [4.78, 5) is 4.45. The molecule has 0 radical (unpaired) electrons. The summed E-state index contributed by atoms with van der Waals surface area (Å²) >= 11 is 1.84. The zero-order valence-electron chi connectivity index (χ0n) is 9.62. The van der Waals surface area contributed by atoms with E-state index in [0.717, 1.165) is 11.4 Å². The summed E-state index contributed by atoms with van der Waals surface area (Å²) in [5.74, 6) is 0.941. The first-order valence-corrected chi connectivity index (χ1v) is 6.74. The van der Waals surface area contributed by atoms with Crippen LogP contribution in [-0.2, 0) is 0 Å². The fraction of sp³-hybridized carbons (Fsp3) is 0.214. The van der Waals surface area contributed by atoms with E-state index in [1.807, 2.05) is 36.2 Å². The molecular weight excluding hydrogens is 228 g/mol. The van der Waals surface area contributed by atoms with Crippen molar-refractivity contribution in [3.63, 3.8) is 0 Å². The minimum Gasteiger partial charge on any atom is -0.330 e. The van der Waals surface area contributed by atoms with Crippen molar-refractivity contribution >= 4 is 11.8 Å². The molecule has 1 aromatic carbocycles. The Morgan fingerprint density at radius 1 is 1.06 bits per heavy atom. The third-order valence-corrected chi connectivity index (χ3v) is 3.78. The van der Waals surface area contributed by atoms with Crippen LogP contribution in [0.4, 0.5) is 0 Å². The average molecular weight is 244 g/mol. The third kappa shape index (κ3) is 3.32. The molecule has 17 heavy (non-hydrogen) atoms. The van der Waals surface area contributed by atoms with E-state index in [9.17, 15) is 0 Å². The molecule has 0 saturated heterocycles. The summed E-state index contributed by atoms with van der Waals surface area (Å²) in [5.41, 5.74) is 7.97. The molecule has 1 unspecified atom stereocenters. The van der Waals surface area contributed by atoms with Gasteiger partial charge in [0.1, 0.15) is 0 Å². The molecule has 2 N–H and O–H groups in total. The number of nitrogens with zero attached hydrogens (tertiary/aromatic N) is 1. The first-order chi connectivity index (χ1) is 8.42. The van der Waals surface area contributed by atoms with Gasteiger partial charge in [-0.2, -0.15) is 0 Å². The average Bonchev–Trinajstić information content (AvgIpc) is 2.42. The van der Waals surface area contributed by atoms with Crippen LogP contribution in [0.5, 0.6) is 0 Å². The summed E-state index contributed by atoms with van der Waals surface area (Å²) in [6, 6.07) is 16.5. The largest absolute Gasteiger partial charge is 0.330 e. The van der Waals surface area contributed by atoms with E-state index in [-0.39, 0.29) is 5.25 Å². The van der Waals surface area contributed by atoms with Crippen molar-refractivity contribution in [1.29, 1.82) is 0 Å². The minimum atomic E-state index is 0.279. The van der Waals surface area contributed by atoms with E-state index in [1.165, 1.54) is 5.56 Å². The Morgan fingerprint density at radius 2 is 1.82 bits per heavy atom. The monoisotopic (exact) mass is 244 g/mol. The van der Waals surface area contributed by atoms with Gasteiger partial charge in [0.2, 0.25) is 0 Å². The number of benzene rings is 1. The molecule has 0 spiro atoms. The maximum Gasteiger partial charge on any atom is 0.0719 e. The smallest absolute Gasteiger partial charge is 0.0719 e. The van der Waals surface area contributed by atoms with E-state index in [0.29, 0.717) is 6.54 Å². The van der Waals surface area contributed by atoms with Crippen molar-refractivity contribution in [3.8, 4) is 0 Å². The van der Waals surface area contributed by atoms with Crippen LogP contribution in [0.1, 0.15) is 16.5 Å². The quantitative estimate of drug-likeness (QED) is 0.879. The van der Waals surface area contributed by atoms with Crippen molar-refractivity contribution < 1.29 is 0 Å². The molecule has 88 valence electrons. The highest BCUT2D eigenvalue weighted by Gasteiger charge is 2.14. The molecule has 2 aromatic rings. The molecular formula is C14H16N2S. The number of thioether (sulfide) groups is 1. The fourth-order valence-corrected chi connectivity index (χ4v) is 2.73. The fourth-order valence-electron chi connectivity index (χ4n) is 1.70. The Hall–Kier alpha value is -1.32. The number of aromatic nitrogens is 1.